The lowest BCUT2D eigenvalue weighted by Gasteiger charge is -2.29. The number of hydrogen-bond donors (Lipinski definition) is 1. The molecule has 1 saturated heterocycles. The van der Waals surface area contributed by atoms with Crippen LogP contribution in [0.2, 0.25) is 0 Å². The first-order chi connectivity index (χ1) is 14.2. The van der Waals surface area contributed by atoms with Crippen molar-refractivity contribution in [2.45, 2.75) is 26.2 Å². The Bertz CT molecular complexity index is 1090. The molecular formula is C23H25N3O2S. The number of anilines is 1. The summed E-state index contributed by atoms with van der Waals surface area (Å²) in [5.41, 5.74) is 4.16. The Balaban J connectivity index is 1.50. The molecular weight excluding hydrogens is 382 g/mol. The van der Waals surface area contributed by atoms with Crippen molar-refractivity contribution in [3.63, 3.8) is 0 Å². The fraction of sp³-hybridized carbons (Fsp3) is 0.391. The summed E-state index contributed by atoms with van der Waals surface area (Å²) in [6.45, 7) is 6.05. The Kier molecular flexibility index (Phi) is 5.06. The standard InChI is InChI=1S/C23H25N3O2S/c1-15-11-17-3-2-4-20(25-22(17)29-14-15)19-12-16-5-6-18(13-21(16)28-23(19)27)26-9-7-24-8-10-26/h4-6,12-14,17,24H,2-3,7-11H2,1H3. The molecule has 6 heteroatoms. The van der Waals surface area contributed by atoms with E-state index in [0.717, 1.165) is 67.3 Å². The van der Waals surface area contributed by atoms with E-state index >= 15 is 0 Å². The average molecular weight is 408 g/mol. The van der Waals surface area contributed by atoms with Gasteiger partial charge in [-0.15, -0.1) is 0 Å². The van der Waals surface area contributed by atoms with Crippen molar-refractivity contribution in [2.24, 2.45) is 10.9 Å². The van der Waals surface area contributed by atoms with Crippen molar-refractivity contribution in [3.8, 4) is 0 Å². The van der Waals surface area contributed by atoms with E-state index in [1.807, 2.05) is 18.2 Å². The van der Waals surface area contributed by atoms with E-state index in [2.05, 4.69) is 34.7 Å². The Morgan fingerprint density at radius 2 is 2.10 bits per heavy atom. The summed E-state index contributed by atoms with van der Waals surface area (Å²) < 4.78 is 5.74. The van der Waals surface area contributed by atoms with Crippen LogP contribution in [0.3, 0.4) is 0 Å². The summed E-state index contributed by atoms with van der Waals surface area (Å²) in [6, 6.07) is 8.09. The Labute approximate surface area is 174 Å². The third-order valence-corrected chi connectivity index (χ3v) is 7.05. The molecule has 5 nitrogen and oxygen atoms in total. The minimum atomic E-state index is -0.309. The van der Waals surface area contributed by atoms with Crippen molar-refractivity contribution < 1.29 is 4.42 Å². The molecule has 2 aromatic rings. The molecule has 1 atom stereocenters. The topological polar surface area (TPSA) is 57.8 Å². The molecule has 150 valence electrons. The largest absolute Gasteiger partial charge is 0.422 e. The number of benzene rings is 1. The zero-order valence-corrected chi connectivity index (χ0v) is 17.4. The average Bonchev–Trinajstić information content (AvgIpc) is 2.95. The summed E-state index contributed by atoms with van der Waals surface area (Å²) in [7, 11) is 0. The first-order valence-electron chi connectivity index (χ1n) is 10.3. The van der Waals surface area contributed by atoms with Gasteiger partial charge in [0.1, 0.15) is 5.58 Å². The Morgan fingerprint density at radius 3 is 2.97 bits per heavy atom. The van der Waals surface area contributed by atoms with Crippen LogP contribution in [0, 0.1) is 5.92 Å². The highest BCUT2D eigenvalue weighted by Crippen LogP contribution is 2.36. The molecule has 0 bridgehead atoms. The summed E-state index contributed by atoms with van der Waals surface area (Å²) in [6.07, 6.45) is 5.16. The number of nitrogens with zero attached hydrogens (tertiary/aromatic N) is 2. The van der Waals surface area contributed by atoms with Crippen LogP contribution in [0.25, 0.3) is 16.7 Å². The zero-order chi connectivity index (χ0) is 19.8. The van der Waals surface area contributed by atoms with Crippen LogP contribution in [0.1, 0.15) is 31.7 Å². The normalized spacial score (nSPS) is 22.4. The van der Waals surface area contributed by atoms with Crippen LogP contribution in [0.15, 0.2) is 55.5 Å². The van der Waals surface area contributed by atoms with Crippen LogP contribution >= 0.6 is 11.8 Å². The number of hydrogen-bond acceptors (Lipinski definition) is 6. The smallest absolute Gasteiger partial charge is 0.345 e. The first-order valence-corrected chi connectivity index (χ1v) is 11.2. The molecule has 1 aromatic carbocycles. The van der Waals surface area contributed by atoms with Gasteiger partial charge in [-0.1, -0.05) is 23.4 Å². The van der Waals surface area contributed by atoms with E-state index < -0.39 is 0 Å². The number of nitrogens with one attached hydrogen (secondary N) is 1. The summed E-state index contributed by atoms with van der Waals surface area (Å²) in [5, 5.41) is 7.60. The fourth-order valence-electron chi connectivity index (χ4n) is 4.28. The highest BCUT2D eigenvalue weighted by Gasteiger charge is 2.24. The van der Waals surface area contributed by atoms with Gasteiger partial charge in [-0.25, -0.2) is 9.79 Å². The van der Waals surface area contributed by atoms with E-state index in [9.17, 15) is 4.79 Å². The number of allylic oxidation sites excluding steroid dienone is 2. The van der Waals surface area contributed by atoms with Crippen LogP contribution in [-0.4, -0.2) is 31.2 Å². The van der Waals surface area contributed by atoms with Crippen LogP contribution < -0.4 is 15.8 Å². The van der Waals surface area contributed by atoms with E-state index in [-0.39, 0.29) is 5.63 Å². The fourth-order valence-corrected chi connectivity index (χ4v) is 5.24. The monoisotopic (exact) mass is 407 g/mol. The number of fused-ring (bicyclic) bond motifs is 2. The maximum absolute atomic E-state index is 12.8. The SMILES string of the molecule is CC1=CSC2=NC(c3cc4ccc(N5CCNCC5)cc4oc3=O)=CCCC2C1. The first kappa shape index (κ1) is 18.7. The summed E-state index contributed by atoms with van der Waals surface area (Å²) in [5.74, 6) is 0.466. The minimum absolute atomic E-state index is 0.309. The maximum Gasteiger partial charge on any atom is 0.345 e. The van der Waals surface area contributed by atoms with Gasteiger partial charge in [-0.3, -0.25) is 0 Å². The molecule has 3 aliphatic heterocycles. The zero-order valence-electron chi connectivity index (χ0n) is 16.6. The molecule has 1 N–H and O–H groups in total. The second-order valence-corrected chi connectivity index (χ2v) is 8.90. The van der Waals surface area contributed by atoms with Crippen molar-refractivity contribution in [3.05, 3.63) is 57.3 Å². The van der Waals surface area contributed by atoms with Gasteiger partial charge in [0.05, 0.1) is 16.3 Å². The van der Waals surface area contributed by atoms with Gasteiger partial charge in [0.2, 0.25) is 0 Å². The van der Waals surface area contributed by atoms with Crippen LogP contribution in [0.4, 0.5) is 5.69 Å². The van der Waals surface area contributed by atoms with Gasteiger partial charge in [-0.2, -0.15) is 0 Å². The molecule has 1 fully saturated rings. The second-order valence-electron chi connectivity index (χ2n) is 8.01. The van der Waals surface area contributed by atoms with Gasteiger partial charge < -0.3 is 14.6 Å². The Morgan fingerprint density at radius 1 is 1.24 bits per heavy atom. The summed E-state index contributed by atoms with van der Waals surface area (Å²) >= 11 is 1.70. The molecule has 0 saturated carbocycles. The molecule has 29 heavy (non-hydrogen) atoms. The van der Waals surface area contributed by atoms with E-state index in [4.69, 9.17) is 9.41 Å². The number of aliphatic imine (C=N–C) groups is 1. The molecule has 0 amide bonds. The third-order valence-electron chi connectivity index (χ3n) is 5.86. The van der Waals surface area contributed by atoms with Crippen molar-refractivity contribution in [2.75, 3.05) is 31.1 Å². The molecule has 3 aliphatic rings. The summed E-state index contributed by atoms with van der Waals surface area (Å²) in [4.78, 5) is 20.0. The number of rotatable bonds is 2. The van der Waals surface area contributed by atoms with Crippen molar-refractivity contribution >= 4 is 39.2 Å². The number of piperazine rings is 1. The van der Waals surface area contributed by atoms with Gasteiger partial charge in [-0.05, 0) is 49.8 Å². The minimum Gasteiger partial charge on any atom is -0.422 e. The van der Waals surface area contributed by atoms with E-state index in [0.29, 0.717) is 17.1 Å². The quantitative estimate of drug-likeness (QED) is 0.748. The highest BCUT2D eigenvalue weighted by molar-refractivity contribution is 8.16. The lowest BCUT2D eigenvalue weighted by atomic mass is 9.97. The molecule has 5 rings (SSSR count). The second kappa shape index (κ2) is 7.84. The molecule has 0 aliphatic carbocycles. The molecule has 0 spiro atoms. The predicted octanol–water partition coefficient (Wildman–Crippen LogP) is 4.39. The maximum atomic E-state index is 12.8. The predicted molar refractivity (Wildman–Crippen MR) is 122 cm³/mol. The van der Waals surface area contributed by atoms with E-state index in [1.165, 1.54) is 5.57 Å². The molecule has 4 heterocycles. The molecule has 1 aromatic heterocycles. The van der Waals surface area contributed by atoms with Gasteiger partial charge >= 0.3 is 5.63 Å². The lowest BCUT2D eigenvalue weighted by molar-refractivity contribution is 0.557. The van der Waals surface area contributed by atoms with Gasteiger partial charge in [0.25, 0.3) is 0 Å². The highest BCUT2D eigenvalue weighted by atomic mass is 32.2. The van der Waals surface area contributed by atoms with Gasteiger partial charge in [0, 0.05) is 49.2 Å². The van der Waals surface area contributed by atoms with Gasteiger partial charge in [0.15, 0.2) is 0 Å². The number of thioether (sulfide) groups is 1. The third kappa shape index (κ3) is 3.79. The van der Waals surface area contributed by atoms with E-state index in [1.54, 1.807) is 11.8 Å². The van der Waals surface area contributed by atoms with Crippen molar-refractivity contribution in [1.29, 1.82) is 0 Å². The van der Waals surface area contributed by atoms with Crippen LogP contribution in [0.5, 0.6) is 0 Å². The molecule has 1 unspecified atom stereocenters. The van der Waals surface area contributed by atoms with Crippen molar-refractivity contribution in [1.82, 2.24) is 5.32 Å². The molecule has 0 radical (unpaired) electrons. The lowest BCUT2D eigenvalue weighted by Crippen LogP contribution is -2.43. The van der Waals surface area contributed by atoms with Crippen LogP contribution in [-0.2, 0) is 0 Å². The Hall–Kier alpha value is -2.31.